The van der Waals surface area contributed by atoms with Gasteiger partial charge >= 0.3 is 0 Å². The molecule has 1 unspecified atom stereocenters. The van der Waals surface area contributed by atoms with Crippen LogP contribution in [0.25, 0.3) is 0 Å². The van der Waals surface area contributed by atoms with Crippen LogP contribution in [0.15, 0.2) is 18.2 Å². The van der Waals surface area contributed by atoms with Gasteiger partial charge in [-0.2, -0.15) is 0 Å². The molecule has 5 heteroatoms. The lowest BCUT2D eigenvalue weighted by molar-refractivity contribution is -0.127. The van der Waals surface area contributed by atoms with Gasteiger partial charge in [0.2, 0.25) is 0 Å². The van der Waals surface area contributed by atoms with Crippen molar-refractivity contribution in [2.45, 2.75) is 32.9 Å². The number of carbonyl (C=O) groups excluding carboxylic acids is 1. The summed E-state index contributed by atoms with van der Waals surface area (Å²) in [6.45, 7) is 5.32. The number of carbonyl (C=O) groups is 1. The maximum absolute atomic E-state index is 11.9. The van der Waals surface area contributed by atoms with E-state index in [1.807, 2.05) is 25.1 Å². The van der Waals surface area contributed by atoms with E-state index in [2.05, 4.69) is 5.32 Å². The van der Waals surface area contributed by atoms with Crippen LogP contribution in [0.2, 0.25) is 0 Å². The first-order chi connectivity index (χ1) is 9.58. The summed E-state index contributed by atoms with van der Waals surface area (Å²) in [6.07, 6.45) is 0.235. The molecule has 0 spiro atoms. The van der Waals surface area contributed by atoms with Crippen LogP contribution in [0.3, 0.4) is 0 Å². The number of methoxy groups -OCH3 is 1. The molecule has 0 saturated heterocycles. The van der Waals surface area contributed by atoms with Crippen LogP contribution < -0.4 is 15.8 Å². The van der Waals surface area contributed by atoms with Crippen LogP contribution in [0.5, 0.6) is 5.75 Å². The van der Waals surface area contributed by atoms with E-state index in [0.29, 0.717) is 25.4 Å². The van der Waals surface area contributed by atoms with Crippen LogP contribution in [0.4, 0.5) is 0 Å². The number of amides is 1. The normalized spacial score (nSPS) is 12.0. The summed E-state index contributed by atoms with van der Waals surface area (Å²) >= 11 is 0. The quantitative estimate of drug-likeness (QED) is 0.705. The molecule has 0 aliphatic carbocycles. The van der Waals surface area contributed by atoms with Gasteiger partial charge in [-0.25, -0.2) is 0 Å². The average Bonchev–Trinajstić information content (AvgIpc) is 2.45. The highest BCUT2D eigenvalue weighted by Gasteiger charge is 2.15. The van der Waals surface area contributed by atoms with Crippen LogP contribution in [0.1, 0.15) is 24.5 Å². The first-order valence-corrected chi connectivity index (χ1v) is 6.81. The van der Waals surface area contributed by atoms with E-state index in [0.717, 1.165) is 17.5 Å². The molecular weight excluding hydrogens is 256 g/mol. The highest BCUT2D eigenvalue weighted by atomic mass is 16.5. The number of nitrogens with one attached hydrogen (secondary N) is 1. The molecule has 0 bridgehead atoms. The molecule has 5 nitrogen and oxygen atoms in total. The lowest BCUT2D eigenvalue weighted by atomic mass is 10.1. The van der Waals surface area contributed by atoms with Crippen LogP contribution in [0, 0.1) is 6.92 Å². The summed E-state index contributed by atoms with van der Waals surface area (Å²) in [5, 5.41) is 2.81. The maximum Gasteiger partial charge on any atom is 0.260 e. The van der Waals surface area contributed by atoms with Crippen LogP contribution in [-0.4, -0.2) is 32.3 Å². The molecule has 1 aromatic carbocycles. The Morgan fingerprint density at radius 3 is 2.85 bits per heavy atom. The van der Waals surface area contributed by atoms with Gasteiger partial charge in [-0.15, -0.1) is 0 Å². The van der Waals surface area contributed by atoms with Crippen LogP contribution in [-0.2, 0) is 16.1 Å². The van der Waals surface area contributed by atoms with Crippen molar-refractivity contribution in [3.63, 3.8) is 0 Å². The second-order valence-electron chi connectivity index (χ2n) is 4.71. The third-order valence-electron chi connectivity index (χ3n) is 2.93. The smallest absolute Gasteiger partial charge is 0.260 e. The van der Waals surface area contributed by atoms with Gasteiger partial charge < -0.3 is 20.5 Å². The van der Waals surface area contributed by atoms with Gasteiger partial charge in [-0.3, -0.25) is 4.79 Å². The Morgan fingerprint density at radius 1 is 1.45 bits per heavy atom. The molecule has 112 valence electrons. The Morgan fingerprint density at radius 2 is 2.20 bits per heavy atom. The van der Waals surface area contributed by atoms with Gasteiger partial charge in [-0.05, 0) is 26.3 Å². The zero-order chi connectivity index (χ0) is 15.0. The zero-order valence-electron chi connectivity index (χ0n) is 12.4. The first kappa shape index (κ1) is 16.5. The minimum Gasteiger partial charge on any atom is -0.481 e. The van der Waals surface area contributed by atoms with Crippen molar-refractivity contribution in [2.24, 2.45) is 5.73 Å². The number of nitrogens with two attached hydrogens (primary N) is 1. The molecule has 0 aromatic heterocycles. The van der Waals surface area contributed by atoms with Gasteiger partial charge in [0, 0.05) is 32.4 Å². The number of hydrogen-bond donors (Lipinski definition) is 2. The predicted octanol–water partition coefficient (Wildman–Crippen LogP) is 1.37. The molecule has 1 amide bonds. The van der Waals surface area contributed by atoms with E-state index in [1.165, 1.54) is 0 Å². The number of aryl methyl sites for hydroxylation is 1. The lowest BCUT2D eigenvalue weighted by Gasteiger charge is -2.17. The van der Waals surface area contributed by atoms with E-state index >= 15 is 0 Å². The van der Waals surface area contributed by atoms with Gasteiger partial charge in [0.05, 0.1) is 0 Å². The van der Waals surface area contributed by atoms with Crippen molar-refractivity contribution in [3.8, 4) is 5.75 Å². The van der Waals surface area contributed by atoms with Gasteiger partial charge in [0.15, 0.2) is 6.10 Å². The lowest BCUT2D eigenvalue weighted by Crippen LogP contribution is -2.37. The summed E-state index contributed by atoms with van der Waals surface area (Å²) in [7, 11) is 1.64. The zero-order valence-corrected chi connectivity index (χ0v) is 12.4. The van der Waals surface area contributed by atoms with E-state index in [-0.39, 0.29) is 5.91 Å². The Bertz CT molecular complexity index is 435. The standard InChI is InChI=1S/C15H24N2O3/c1-11-5-6-14(13(9-11)10-16)20-12(2)15(18)17-7-4-8-19-3/h5-6,9,12H,4,7-8,10,16H2,1-3H3,(H,17,18). The molecule has 0 aliphatic rings. The minimum atomic E-state index is -0.550. The fraction of sp³-hybridized carbons (Fsp3) is 0.533. The third kappa shape index (κ3) is 5.19. The van der Waals surface area contributed by atoms with Crippen LogP contribution >= 0.6 is 0 Å². The topological polar surface area (TPSA) is 73.6 Å². The van der Waals surface area contributed by atoms with E-state index in [9.17, 15) is 4.79 Å². The number of rotatable bonds is 8. The Balaban J connectivity index is 2.52. The molecule has 0 saturated carbocycles. The summed E-state index contributed by atoms with van der Waals surface area (Å²) in [5.41, 5.74) is 7.72. The second-order valence-corrected chi connectivity index (χ2v) is 4.71. The third-order valence-corrected chi connectivity index (χ3v) is 2.93. The van der Waals surface area contributed by atoms with Gasteiger partial charge in [0.1, 0.15) is 5.75 Å². The summed E-state index contributed by atoms with van der Waals surface area (Å²) in [4.78, 5) is 11.9. The molecule has 1 aromatic rings. The first-order valence-electron chi connectivity index (χ1n) is 6.81. The number of benzene rings is 1. The average molecular weight is 280 g/mol. The Labute approximate surface area is 120 Å². The van der Waals surface area contributed by atoms with Crippen molar-refractivity contribution in [2.75, 3.05) is 20.3 Å². The van der Waals surface area contributed by atoms with E-state index in [1.54, 1.807) is 14.0 Å². The van der Waals surface area contributed by atoms with Crippen molar-refractivity contribution < 1.29 is 14.3 Å². The number of hydrogen-bond acceptors (Lipinski definition) is 4. The molecule has 0 aliphatic heterocycles. The number of ether oxygens (including phenoxy) is 2. The van der Waals surface area contributed by atoms with Crippen molar-refractivity contribution >= 4 is 5.91 Å². The molecule has 3 N–H and O–H groups in total. The van der Waals surface area contributed by atoms with Crippen molar-refractivity contribution in [3.05, 3.63) is 29.3 Å². The van der Waals surface area contributed by atoms with E-state index in [4.69, 9.17) is 15.2 Å². The molecule has 1 atom stereocenters. The highest BCUT2D eigenvalue weighted by Crippen LogP contribution is 2.20. The molecule has 0 heterocycles. The molecule has 0 radical (unpaired) electrons. The fourth-order valence-corrected chi connectivity index (χ4v) is 1.80. The Hall–Kier alpha value is -1.59. The summed E-state index contributed by atoms with van der Waals surface area (Å²) in [5.74, 6) is 0.530. The maximum atomic E-state index is 11.9. The highest BCUT2D eigenvalue weighted by molar-refractivity contribution is 5.80. The molecule has 1 rings (SSSR count). The Kier molecular flexibility index (Phi) is 7.04. The fourth-order valence-electron chi connectivity index (χ4n) is 1.80. The second kappa shape index (κ2) is 8.55. The largest absolute Gasteiger partial charge is 0.481 e. The minimum absolute atomic E-state index is 0.135. The summed E-state index contributed by atoms with van der Waals surface area (Å²) < 4.78 is 10.6. The van der Waals surface area contributed by atoms with Crippen molar-refractivity contribution in [1.82, 2.24) is 5.32 Å². The predicted molar refractivity (Wildman–Crippen MR) is 78.7 cm³/mol. The molecular formula is C15H24N2O3. The molecule has 20 heavy (non-hydrogen) atoms. The van der Waals surface area contributed by atoms with Gasteiger partial charge in [-0.1, -0.05) is 17.7 Å². The SMILES string of the molecule is COCCCNC(=O)C(C)Oc1ccc(C)cc1CN. The molecule has 0 fully saturated rings. The monoisotopic (exact) mass is 280 g/mol. The van der Waals surface area contributed by atoms with Crippen molar-refractivity contribution in [1.29, 1.82) is 0 Å². The summed E-state index contributed by atoms with van der Waals surface area (Å²) in [6, 6.07) is 5.77. The van der Waals surface area contributed by atoms with E-state index < -0.39 is 6.10 Å². The van der Waals surface area contributed by atoms with Gasteiger partial charge in [0.25, 0.3) is 5.91 Å².